The molecule has 20 heavy (non-hydrogen) atoms. The van der Waals surface area contributed by atoms with Gasteiger partial charge in [0.25, 0.3) is 0 Å². The predicted octanol–water partition coefficient (Wildman–Crippen LogP) is 4.50. The summed E-state index contributed by atoms with van der Waals surface area (Å²) in [7, 11) is 1.98. The number of benzene rings is 2. The van der Waals surface area contributed by atoms with Gasteiger partial charge < -0.3 is 5.32 Å². The SMILES string of the molecule is CNC(CSc1ccc(F)cc1)c1ccc(C)cc1C. The molecule has 0 spiro atoms. The molecule has 1 unspecified atom stereocenters. The van der Waals surface area contributed by atoms with Gasteiger partial charge in [-0.3, -0.25) is 0 Å². The molecule has 0 saturated carbocycles. The molecule has 0 bridgehead atoms. The summed E-state index contributed by atoms with van der Waals surface area (Å²) in [5, 5.41) is 3.37. The molecule has 0 saturated heterocycles. The fraction of sp³-hybridized carbons (Fsp3) is 0.294. The first-order valence-electron chi connectivity index (χ1n) is 6.73. The first-order chi connectivity index (χ1) is 9.60. The third kappa shape index (κ3) is 3.84. The Kier molecular flexibility index (Phi) is 5.21. The molecule has 0 heterocycles. The molecule has 2 aromatic rings. The van der Waals surface area contributed by atoms with Crippen molar-refractivity contribution >= 4 is 11.8 Å². The number of nitrogens with one attached hydrogen (secondary N) is 1. The summed E-state index contributed by atoms with van der Waals surface area (Å²) in [6, 6.07) is 13.5. The Balaban J connectivity index is 2.07. The molecule has 0 radical (unpaired) electrons. The van der Waals surface area contributed by atoms with Gasteiger partial charge in [-0.15, -0.1) is 11.8 Å². The second-order valence-corrected chi connectivity index (χ2v) is 6.06. The highest BCUT2D eigenvalue weighted by Crippen LogP contribution is 2.26. The molecule has 3 heteroatoms. The largest absolute Gasteiger partial charge is 0.312 e. The number of hydrogen-bond acceptors (Lipinski definition) is 2. The van der Waals surface area contributed by atoms with E-state index in [1.165, 1.54) is 28.8 Å². The monoisotopic (exact) mass is 289 g/mol. The van der Waals surface area contributed by atoms with Crippen LogP contribution in [0.4, 0.5) is 4.39 Å². The number of aryl methyl sites for hydroxylation is 2. The number of thioether (sulfide) groups is 1. The van der Waals surface area contributed by atoms with Crippen molar-refractivity contribution in [3.63, 3.8) is 0 Å². The van der Waals surface area contributed by atoms with E-state index in [-0.39, 0.29) is 5.82 Å². The van der Waals surface area contributed by atoms with E-state index in [2.05, 4.69) is 37.4 Å². The van der Waals surface area contributed by atoms with Gasteiger partial charge in [0, 0.05) is 16.7 Å². The van der Waals surface area contributed by atoms with Gasteiger partial charge in [0.05, 0.1) is 0 Å². The van der Waals surface area contributed by atoms with E-state index in [0.29, 0.717) is 6.04 Å². The van der Waals surface area contributed by atoms with Crippen LogP contribution in [0.3, 0.4) is 0 Å². The lowest BCUT2D eigenvalue weighted by Gasteiger charge is -2.19. The molecule has 2 aromatic carbocycles. The number of rotatable bonds is 5. The molecule has 0 fully saturated rings. The van der Waals surface area contributed by atoms with E-state index < -0.39 is 0 Å². The summed E-state index contributed by atoms with van der Waals surface area (Å²) in [4.78, 5) is 1.09. The van der Waals surface area contributed by atoms with Crippen LogP contribution < -0.4 is 5.32 Å². The summed E-state index contributed by atoms with van der Waals surface area (Å²) in [5.41, 5.74) is 3.92. The summed E-state index contributed by atoms with van der Waals surface area (Å²) >= 11 is 1.74. The van der Waals surface area contributed by atoms with Gasteiger partial charge in [-0.05, 0) is 56.3 Å². The Labute approximate surface area is 124 Å². The third-order valence-electron chi connectivity index (χ3n) is 3.38. The van der Waals surface area contributed by atoms with Gasteiger partial charge in [0.1, 0.15) is 5.82 Å². The summed E-state index contributed by atoms with van der Waals surface area (Å²) < 4.78 is 12.9. The van der Waals surface area contributed by atoms with Crippen LogP contribution >= 0.6 is 11.8 Å². The summed E-state index contributed by atoms with van der Waals surface area (Å²) in [6.07, 6.45) is 0. The van der Waals surface area contributed by atoms with Gasteiger partial charge in [-0.1, -0.05) is 23.8 Å². The van der Waals surface area contributed by atoms with Crippen LogP contribution in [0.25, 0.3) is 0 Å². The molecule has 2 rings (SSSR count). The van der Waals surface area contributed by atoms with E-state index in [9.17, 15) is 4.39 Å². The Morgan fingerprint density at radius 2 is 1.80 bits per heavy atom. The van der Waals surface area contributed by atoms with Crippen molar-refractivity contribution in [2.75, 3.05) is 12.8 Å². The second kappa shape index (κ2) is 6.91. The van der Waals surface area contributed by atoms with Crippen molar-refractivity contribution in [1.29, 1.82) is 0 Å². The van der Waals surface area contributed by atoms with Crippen LogP contribution in [0.15, 0.2) is 47.4 Å². The van der Waals surface area contributed by atoms with Crippen molar-refractivity contribution in [1.82, 2.24) is 5.32 Å². The van der Waals surface area contributed by atoms with E-state index in [1.807, 2.05) is 19.2 Å². The Morgan fingerprint density at radius 3 is 2.40 bits per heavy atom. The normalized spacial score (nSPS) is 12.4. The Morgan fingerprint density at radius 1 is 1.10 bits per heavy atom. The highest BCUT2D eigenvalue weighted by atomic mass is 32.2. The minimum absolute atomic E-state index is 0.186. The van der Waals surface area contributed by atoms with E-state index >= 15 is 0 Å². The second-order valence-electron chi connectivity index (χ2n) is 4.97. The highest BCUT2D eigenvalue weighted by Gasteiger charge is 2.12. The van der Waals surface area contributed by atoms with E-state index in [0.717, 1.165) is 10.6 Å². The van der Waals surface area contributed by atoms with Gasteiger partial charge in [-0.25, -0.2) is 4.39 Å². The molecule has 0 aliphatic heterocycles. The summed E-state index contributed by atoms with van der Waals surface area (Å²) in [6.45, 7) is 4.26. The zero-order valence-electron chi connectivity index (χ0n) is 12.1. The lowest BCUT2D eigenvalue weighted by molar-refractivity contribution is 0.626. The molecular weight excluding hydrogens is 269 g/mol. The maximum absolute atomic E-state index is 12.9. The average Bonchev–Trinajstić information content (AvgIpc) is 2.43. The lowest BCUT2D eigenvalue weighted by Crippen LogP contribution is -2.19. The van der Waals surface area contributed by atoms with Crippen LogP contribution in [0.1, 0.15) is 22.7 Å². The Bertz CT molecular complexity index is 566. The minimum Gasteiger partial charge on any atom is -0.312 e. The molecular formula is C17H20FNS. The topological polar surface area (TPSA) is 12.0 Å². The highest BCUT2D eigenvalue weighted by molar-refractivity contribution is 7.99. The van der Waals surface area contributed by atoms with Crippen LogP contribution in [0, 0.1) is 19.7 Å². The molecule has 0 aliphatic rings. The van der Waals surface area contributed by atoms with Crippen LogP contribution in [0.5, 0.6) is 0 Å². The first-order valence-corrected chi connectivity index (χ1v) is 7.71. The fourth-order valence-electron chi connectivity index (χ4n) is 2.26. The fourth-order valence-corrected chi connectivity index (χ4v) is 3.29. The number of hydrogen-bond donors (Lipinski definition) is 1. The zero-order chi connectivity index (χ0) is 14.5. The van der Waals surface area contributed by atoms with E-state index in [4.69, 9.17) is 0 Å². The van der Waals surface area contributed by atoms with Crippen LogP contribution in [0.2, 0.25) is 0 Å². The maximum atomic E-state index is 12.9. The molecule has 106 valence electrons. The van der Waals surface area contributed by atoms with Gasteiger partial charge in [0.2, 0.25) is 0 Å². The smallest absolute Gasteiger partial charge is 0.123 e. The minimum atomic E-state index is -0.186. The molecule has 0 aromatic heterocycles. The van der Waals surface area contributed by atoms with Crippen molar-refractivity contribution < 1.29 is 4.39 Å². The molecule has 0 amide bonds. The maximum Gasteiger partial charge on any atom is 0.123 e. The lowest BCUT2D eigenvalue weighted by atomic mass is 10.0. The summed E-state index contributed by atoms with van der Waals surface area (Å²) in [5.74, 6) is 0.736. The first kappa shape index (κ1) is 15.1. The Hall–Kier alpha value is -1.32. The third-order valence-corrected chi connectivity index (χ3v) is 4.48. The molecule has 1 nitrogen and oxygen atoms in total. The van der Waals surface area contributed by atoms with Gasteiger partial charge >= 0.3 is 0 Å². The van der Waals surface area contributed by atoms with Gasteiger partial charge in [0.15, 0.2) is 0 Å². The standard InChI is InChI=1S/C17H20FNS/c1-12-4-9-16(13(2)10-12)17(19-3)11-20-15-7-5-14(18)6-8-15/h4-10,17,19H,11H2,1-3H3. The van der Waals surface area contributed by atoms with Crippen LogP contribution in [-0.2, 0) is 0 Å². The molecule has 1 atom stereocenters. The van der Waals surface area contributed by atoms with Crippen molar-refractivity contribution in [3.8, 4) is 0 Å². The van der Waals surface area contributed by atoms with Crippen molar-refractivity contribution in [2.24, 2.45) is 0 Å². The van der Waals surface area contributed by atoms with Crippen LogP contribution in [-0.4, -0.2) is 12.8 Å². The van der Waals surface area contributed by atoms with E-state index in [1.54, 1.807) is 11.8 Å². The number of halogens is 1. The van der Waals surface area contributed by atoms with Crippen molar-refractivity contribution in [2.45, 2.75) is 24.8 Å². The van der Waals surface area contributed by atoms with Gasteiger partial charge in [-0.2, -0.15) is 0 Å². The quantitative estimate of drug-likeness (QED) is 0.814. The molecule has 1 N–H and O–H groups in total. The predicted molar refractivity (Wildman–Crippen MR) is 84.8 cm³/mol. The molecule has 0 aliphatic carbocycles. The zero-order valence-corrected chi connectivity index (χ0v) is 12.9. The van der Waals surface area contributed by atoms with Crippen molar-refractivity contribution in [3.05, 3.63) is 65.0 Å². The average molecular weight is 289 g/mol.